The number of rotatable bonds is 3. The summed E-state index contributed by atoms with van der Waals surface area (Å²) in [7, 11) is -4.76. The van der Waals surface area contributed by atoms with Crippen molar-refractivity contribution in [2.75, 3.05) is 6.61 Å². The van der Waals surface area contributed by atoms with Crippen molar-refractivity contribution in [2.45, 2.75) is 30.8 Å². The Morgan fingerprint density at radius 3 is 2.31 bits per heavy atom. The van der Waals surface area contributed by atoms with Crippen LogP contribution in [0.25, 0.3) is 0 Å². The summed E-state index contributed by atoms with van der Waals surface area (Å²) in [6, 6.07) is 0. The third-order valence-electron chi connectivity index (χ3n) is 2.05. The van der Waals surface area contributed by atoms with Crippen LogP contribution in [-0.2, 0) is 13.8 Å². The predicted molar refractivity (Wildman–Crippen MR) is 45.8 cm³/mol. The van der Waals surface area contributed by atoms with Gasteiger partial charge in [0.2, 0.25) is 0 Å². The summed E-state index contributed by atoms with van der Waals surface area (Å²) in [5.41, 5.74) is 0. The van der Waals surface area contributed by atoms with Crippen LogP contribution in [0.5, 0.6) is 0 Å². The Kier molecular flexibility index (Phi) is 4.38. The van der Waals surface area contributed by atoms with Gasteiger partial charge in [-0.25, -0.2) is 8.96 Å². The van der Waals surface area contributed by atoms with E-state index in [9.17, 15) is 14.1 Å². The van der Waals surface area contributed by atoms with Crippen LogP contribution < -0.4 is 0 Å². The number of phosphoric acid groups is 1. The summed E-state index contributed by atoms with van der Waals surface area (Å²) in [5, 5.41) is 27.3. The lowest BCUT2D eigenvalue weighted by atomic mass is 10.0. The molecule has 1 saturated heterocycles. The van der Waals surface area contributed by atoms with Gasteiger partial charge in [-0.2, -0.15) is 0 Å². The molecule has 96 valence electrons. The van der Waals surface area contributed by atoms with E-state index >= 15 is 0 Å². The molecule has 0 saturated carbocycles. The maximum atomic E-state index is 12.9. The van der Waals surface area contributed by atoms with Crippen molar-refractivity contribution in [3.63, 3.8) is 0 Å². The van der Waals surface area contributed by atoms with Crippen LogP contribution in [-0.4, -0.2) is 62.5 Å². The molecule has 1 rings (SSSR count). The van der Waals surface area contributed by atoms with Gasteiger partial charge < -0.3 is 29.8 Å². The van der Waals surface area contributed by atoms with E-state index in [0.29, 0.717) is 0 Å². The minimum absolute atomic E-state index is 0.785. The highest BCUT2D eigenvalue weighted by molar-refractivity contribution is 7.46. The third-order valence-corrected chi connectivity index (χ3v) is 2.54. The molecule has 0 bridgehead atoms. The van der Waals surface area contributed by atoms with Crippen LogP contribution in [0, 0.1) is 0 Å². The van der Waals surface area contributed by atoms with Gasteiger partial charge in [0.25, 0.3) is 0 Å². The maximum Gasteiger partial charge on any atom is 0.469 e. The van der Waals surface area contributed by atoms with E-state index in [2.05, 4.69) is 9.26 Å². The van der Waals surface area contributed by atoms with Crippen molar-refractivity contribution in [3.8, 4) is 0 Å². The van der Waals surface area contributed by atoms with Crippen molar-refractivity contribution < 1.29 is 43.3 Å². The van der Waals surface area contributed by atoms with Crippen molar-refractivity contribution in [1.29, 1.82) is 0 Å². The fourth-order valence-corrected chi connectivity index (χ4v) is 1.56. The van der Waals surface area contributed by atoms with Crippen LogP contribution in [0.3, 0.4) is 0 Å². The van der Waals surface area contributed by atoms with Gasteiger partial charge >= 0.3 is 7.82 Å². The van der Waals surface area contributed by atoms with E-state index < -0.39 is 45.2 Å². The molecule has 1 fully saturated rings. The lowest BCUT2D eigenvalue weighted by Gasteiger charge is -2.36. The number of hydrogen-bond acceptors (Lipinski definition) is 6. The van der Waals surface area contributed by atoms with Crippen LogP contribution in [0.4, 0.5) is 4.39 Å². The standard InChI is InChI=1S/C6H12FO8P/c7-3-5(9)4(8)2(15-6(3)10)1-14-16(11,12)13/h2-6,8-10H,1H2,(H2,11,12,13)/t2-,3+,4-,5-,6?/m1/s1. The van der Waals surface area contributed by atoms with Gasteiger partial charge in [0, 0.05) is 0 Å². The SMILES string of the molecule is O=P(O)(O)OC[C@H]1OC(O)[C@@H](F)[C@@H](O)[C@@H]1O. The summed E-state index contributed by atoms with van der Waals surface area (Å²) in [6.07, 6.45) is -9.26. The number of aliphatic hydroxyl groups excluding tert-OH is 3. The molecule has 0 aliphatic carbocycles. The molecule has 10 heteroatoms. The molecule has 0 amide bonds. The number of aliphatic hydroxyl groups is 3. The van der Waals surface area contributed by atoms with Crippen LogP contribution in [0.2, 0.25) is 0 Å². The zero-order chi connectivity index (χ0) is 12.5. The van der Waals surface area contributed by atoms with E-state index in [1.54, 1.807) is 0 Å². The molecule has 5 atom stereocenters. The predicted octanol–water partition coefficient (Wildman–Crippen LogP) is -2.13. The molecule has 0 aromatic carbocycles. The number of alkyl halides is 1. The number of halogens is 1. The van der Waals surface area contributed by atoms with Gasteiger partial charge in [-0.1, -0.05) is 0 Å². The van der Waals surface area contributed by atoms with E-state index in [1.165, 1.54) is 0 Å². The second kappa shape index (κ2) is 5.03. The number of phosphoric ester groups is 1. The van der Waals surface area contributed by atoms with Crippen molar-refractivity contribution in [3.05, 3.63) is 0 Å². The summed E-state index contributed by atoms with van der Waals surface area (Å²) in [4.78, 5) is 16.7. The molecule has 0 aromatic rings. The van der Waals surface area contributed by atoms with Gasteiger partial charge in [-0.15, -0.1) is 0 Å². The zero-order valence-electron chi connectivity index (χ0n) is 7.88. The first kappa shape index (κ1) is 13.9. The van der Waals surface area contributed by atoms with Crippen LogP contribution >= 0.6 is 7.82 Å². The minimum Gasteiger partial charge on any atom is -0.387 e. The van der Waals surface area contributed by atoms with Gasteiger partial charge in [0.15, 0.2) is 12.5 Å². The van der Waals surface area contributed by atoms with Crippen molar-refractivity contribution >= 4 is 7.82 Å². The molecule has 0 spiro atoms. The summed E-state index contributed by atoms with van der Waals surface area (Å²) >= 11 is 0. The quantitative estimate of drug-likeness (QED) is 0.364. The Morgan fingerprint density at radius 1 is 1.25 bits per heavy atom. The molecule has 0 aromatic heterocycles. The van der Waals surface area contributed by atoms with Crippen LogP contribution in [0.1, 0.15) is 0 Å². The van der Waals surface area contributed by atoms with Crippen LogP contribution in [0.15, 0.2) is 0 Å². The maximum absolute atomic E-state index is 12.9. The second-order valence-electron chi connectivity index (χ2n) is 3.28. The molecule has 8 nitrogen and oxygen atoms in total. The molecule has 1 heterocycles. The summed E-state index contributed by atoms with van der Waals surface area (Å²) in [6.45, 7) is -0.785. The highest BCUT2D eigenvalue weighted by Gasteiger charge is 2.44. The number of ether oxygens (including phenoxy) is 1. The van der Waals surface area contributed by atoms with Crippen molar-refractivity contribution in [1.82, 2.24) is 0 Å². The molecular weight excluding hydrogens is 250 g/mol. The molecule has 1 aliphatic rings. The van der Waals surface area contributed by atoms with Gasteiger partial charge in [-0.3, -0.25) is 4.52 Å². The molecule has 16 heavy (non-hydrogen) atoms. The Bertz CT molecular complexity index is 282. The topological polar surface area (TPSA) is 137 Å². The first-order valence-corrected chi connectivity index (χ1v) is 5.79. The molecule has 1 aliphatic heterocycles. The normalized spacial score (nSPS) is 41.0. The fraction of sp³-hybridized carbons (Fsp3) is 1.00. The summed E-state index contributed by atoms with van der Waals surface area (Å²) < 4.78 is 31.7. The molecule has 1 unspecified atom stereocenters. The number of hydrogen-bond donors (Lipinski definition) is 5. The largest absolute Gasteiger partial charge is 0.469 e. The average molecular weight is 262 g/mol. The summed E-state index contributed by atoms with van der Waals surface area (Å²) in [5.74, 6) is 0. The fourth-order valence-electron chi connectivity index (χ4n) is 1.22. The molecular formula is C6H12FO8P. The Hall–Kier alpha value is -0.120. The third kappa shape index (κ3) is 3.44. The molecule has 0 radical (unpaired) electrons. The monoisotopic (exact) mass is 262 g/mol. The Morgan fingerprint density at radius 2 is 1.81 bits per heavy atom. The highest BCUT2D eigenvalue weighted by Crippen LogP contribution is 2.36. The van der Waals surface area contributed by atoms with E-state index in [-0.39, 0.29) is 0 Å². The first-order valence-electron chi connectivity index (χ1n) is 4.26. The van der Waals surface area contributed by atoms with E-state index in [1.807, 2.05) is 0 Å². The average Bonchev–Trinajstić information content (AvgIpc) is 2.17. The lowest BCUT2D eigenvalue weighted by Crippen LogP contribution is -2.57. The van der Waals surface area contributed by atoms with Crippen molar-refractivity contribution in [2.24, 2.45) is 0 Å². The lowest BCUT2D eigenvalue weighted by molar-refractivity contribution is -0.270. The van der Waals surface area contributed by atoms with Gasteiger partial charge in [-0.05, 0) is 0 Å². The van der Waals surface area contributed by atoms with Gasteiger partial charge in [0.1, 0.15) is 18.3 Å². The first-order chi connectivity index (χ1) is 7.22. The Labute approximate surface area is 89.5 Å². The smallest absolute Gasteiger partial charge is 0.387 e. The van der Waals surface area contributed by atoms with Gasteiger partial charge in [0.05, 0.1) is 6.61 Å². The van der Waals surface area contributed by atoms with E-state index in [0.717, 1.165) is 0 Å². The van der Waals surface area contributed by atoms with E-state index in [4.69, 9.17) is 20.0 Å². The minimum atomic E-state index is -4.76. The Balaban J connectivity index is 2.57. The second-order valence-corrected chi connectivity index (χ2v) is 4.52. The zero-order valence-corrected chi connectivity index (χ0v) is 8.77. The highest BCUT2D eigenvalue weighted by atomic mass is 31.2. The molecule has 5 N–H and O–H groups in total.